The first kappa shape index (κ1) is 33.1. The van der Waals surface area contributed by atoms with Crippen LogP contribution in [0.3, 0.4) is 0 Å². The molecular weight excluding hydrogens is 618 g/mol. The van der Waals surface area contributed by atoms with Crippen LogP contribution in [0.4, 0.5) is 0 Å². The Bertz CT molecular complexity index is 1770. The number of fused-ring (bicyclic) bond motifs is 9. The van der Waals surface area contributed by atoms with E-state index in [1.165, 1.54) is 20.1 Å². The number of nitrogens with one attached hydrogen (secondary N) is 2. The maximum Gasteiger partial charge on any atom is 0.308 e. The smallest absolute Gasteiger partial charge is 0.308 e. The third-order valence-corrected chi connectivity index (χ3v) is 10.1. The molecule has 0 radical (unpaired) electrons. The van der Waals surface area contributed by atoms with Gasteiger partial charge in [-0.2, -0.15) is 5.26 Å². The number of ether oxygens (including phenoxy) is 4. The molecule has 2 bridgehead atoms. The van der Waals surface area contributed by atoms with Crippen LogP contribution in [0, 0.1) is 25.2 Å². The molecule has 4 aliphatic heterocycles. The van der Waals surface area contributed by atoms with Crippen LogP contribution in [-0.2, 0) is 27.2 Å². The van der Waals surface area contributed by atoms with Gasteiger partial charge in [0.25, 0.3) is 0 Å². The first-order valence-corrected chi connectivity index (χ1v) is 16.1. The Kier molecular flexibility index (Phi) is 8.74. The number of nitriles is 1. The number of allylic oxidation sites excluding steroid dienone is 1. The average molecular weight is 660 g/mol. The van der Waals surface area contributed by atoms with Crippen molar-refractivity contribution < 1.29 is 38.4 Å². The van der Waals surface area contributed by atoms with Gasteiger partial charge in [0, 0.05) is 47.8 Å². The highest BCUT2D eigenvalue weighted by Crippen LogP contribution is 2.58. The molecule has 13 heteroatoms. The molecular formula is C35H41N5O8. The maximum atomic E-state index is 13.4. The molecule has 4 aliphatic rings. The standard InChI is InChI=1S/C35H41N5O8/c1-8-9-26(42)38-18(4)35(44)37-14-25-28-21(32(48-19(5)41)17(3)33-34(28)47-15-46-33)12-23-29-27-20(10-16(2)31(45-7)30(27)43)11-22(39(29)6)24(13-36)40(23)25/h8-10,18,22-25,29,43H,11-12,14-15H2,1-7H3,(H,37,44)(H,38,42)/b9-8+/t18-,22?,23-,24-,25-,29?/m0/s1. The van der Waals surface area contributed by atoms with Gasteiger partial charge in [-0.1, -0.05) is 12.1 Å². The van der Waals surface area contributed by atoms with Gasteiger partial charge >= 0.3 is 5.97 Å². The molecule has 2 aromatic carbocycles. The maximum absolute atomic E-state index is 13.4. The van der Waals surface area contributed by atoms with Crippen molar-refractivity contribution >= 4 is 17.8 Å². The van der Waals surface area contributed by atoms with Gasteiger partial charge in [-0.25, -0.2) is 0 Å². The Morgan fingerprint density at radius 2 is 1.90 bits per heavy atom. The van der Waals surface area contributed by atoms with E-state index in [2.05, 4.69) is 26.5 Å². The lowest BCUT2D eigenvalue weighted by molar-refractivity contribution is -0.132. The van der Waals surface area contributed by atoms with Crippen molar-refractivity contribution in [1.82, 2.24) is 20.4 Å². The summed E-state index contributed by atoms with van der Waals surface area (Å²) in [5.74, 6) is 0.408. The lowest BCUT2D eigenvalue weighted by Gasteiger charge is -2.60. The van der Waals surface area contributed by atoms with Gasteiger partial charge in [0.15, 0.2) is 23.0 Å². The summed E-state index contributed by atoms with van der Waals surface area (Å²) < 4.78 is 23.5. The number of hydrogen-bond donors (Lipinski definition) is 3. The number of carbonyl (C=O) groups is 3. The largest absolute Gasteiger partial charge is 0.504 e. The number of aromatic hydroxyl groups is 1. The van der Waals surface area contributed by atoms with E-state index < -0.39 is 42.0 Å². The molecule has 2 unspecified atom stereocenters. The molecule has 6 rings (SSSR count). The summed E-state index contributed by atoms with van der Waals surface area (Å²) in [7, 11) is 3.49. The Labute approximate surface area is 279 Å². The van der Waals surface area contributed by atoms with E-state index in [1.807, 2.05) is 20.0 Å². The summed E-state index contributed by atoms with van der Waals surface area (Å²) >= 11 is 0. The van der Waals surface area contributed by atoms with Crippen molar-refractivity contribution in [1.29, 1.82) is 5.26 Å². The number of phenolic OH excluding ortho intramolecular Hbond substituents is 1. The van der Waals surface area contributed by atoms with Gasteiger partial charge < -0.3 is 34.7 Å². The molecule has 254 valence electrons. The van der Waals surface area contributed by atoms with Crippen molar-refractivity contribution in [3.8, 4) is 34.8 Å². The van der Waals surface area contributed by atoms with Crippen molar-refractivity contribution in [2.24, 2.45) is 0 Å². The minimum atomic E-state index is -0.842. The Morgan fingerprint density at radius 1 is 1.17 bits per heavy atom. The van der Waals surface area contributed by atoms with Crippen LogP contribution in [0.15, 0.2) is 18.2 Å². The number of hydrogen-bond acceptors (Lipinski definition) is 11. The molecule has 0 saturated carbocycles. The molecule has 13 nitrogen and oxygen atoms in total. The van der Waals surface area contributed by atoms with Crippen LogP contribution in [-0.4, -0.2) is 84.4 Å². The lowest BCUT2D eigenvalue weighted by atomic mass is 9.71. The molecule has 0 aliphatic carbocycles. The number of aryl methyl sites for hydroxylation is 1. The molecule has 48 heavy (non-hydrogen) atoms. The van der Waals surface area contributed by atoms with Crippen LogP contribution in [0.2, 0.25) is 0 Å². The van der Waals surface area contributed by atoms with Gasteiger partial charge in [0.05, 0.1) is 25.3 Å². The summed E-state index contributed by atoms with van der Waals surface area (Å²) in [6.07, 6.45) is 3.77. The third-order valence-electron chi connectivity index (χ3n) is 10.1. The number of rotatable bonds is 7. The number of amides is 2. The van der Waals surface area contributed by atoms with E-state index in [4.69, 9.17) is 18.9 Å². The summed E-state index contributed by atoms with van der Waals surface area (Å²) in [6, 6.07) is 1.43. The van der Waals surface area contributed by atoms with E-state index in [0.717, 1.165) is 16.7 Å². The quantitative estimate of drug-likeness (QED) is 0.228. The molecule has 1 saturated heterocycles. The minimum Gasteiger partial charge on any atom is -0.504 e. The van der Waals surface area contributed by atoms with Gasteiger partial charge in [-0.05, 0) is 64.8 Å². The third kappa shape index (κ3) is 5.20. The topological polar surface area (TPSA) is 163 Å². The number of phenols is 1. The summed E-state index contributed by atoms with van der Waals surface area (Å²) in [4.78, 5) is 42.3. The van der Waals surface area contributed by atoms with Crippen LogP contribution < -0.4 is 29.6 Å². The Balaban J connectivity index is 1.53. The molecule has 2 amide bonds. The highest BCUT2D eigenvalue weighted by Gasteiger charge is 2.57. The Hall–Kier alpha value is -4.80. The fourth-order valence-corrected chi connectivity index (χ4v) is 8.14. The highest BCUT2D eigenvalue weighted by molar-refractivity contribution is 5.92. The molecule has 4 heterocycles. The summed E-state index contributed by atoms with van der Waals surface area (Å²) in [6.45, 7) is 8.33. The van der Waals surface area contributed by atoms with Gasteiger partial charge in [0.2, 0.25) is 18.6 Å². The first-order valence-electron chi connectivity index (χ1n) is 16.1. The number of benzene rings is 2. The monoisotopic (exact) mass is 659 g/mol. The van der Waals surface area contributed by atoms with Crippen LogP contribution in [0.1, 0.15) is 66.2 Å². The van der Waals surface area contributed by atoms with Crippen LogP contribution in [0.25, 0.3) is 0 Å². The minimum absolute atomic E-state index is 0.0429. The first-order chi connectivity index (χ1) is 22.9. The average Bonchev–Trinajstić information content (AvgIpc) is 3.52. The van der Waals surface area contributed by atoms with Crippen LogP contribution >= 0.6 is 0 Å². The Morgan fingerprint density at radius 3 is 2.56 bits per heavy atom. The number of methoxy groups -OCH3 is 1. The summed E-state index contributed by atoms with van der Waals surface area (Å²) in [5, 5.41) is 28.2. The van der Waals surface area contributed by atoms with E-state index in [9.17, 15) is 24.8 Å². The second kappa shape index (κ2) is 12.7. The number of nitrogens with zero attached hydrogens (tertiary/aromatic N) is 3. The fraction of sp³-hybridized carbons (Fsp3) is 0.486. The molecule has 2 aromatic rings. The highest BCUT2D eigenvalue weighted by atomic mass is 16.7. The lowest BCUT2D eigenvalue weighted by Crippen LogP contribution is -2.69. The molecule has 1 fully saturated rings. The SMILES string of the molecule is C/C=C/C(=O)N[C@@H](C)C(=O)NC[C@H]1c2c(c(OC(C)=O)c(C)c3c2OCO3)C[C@H]2C3c4c(cc(C)c(OC)c4O)CC([C@H](C#N)N12)N3C. The summed E-state index contributed by atoms with van der Waals surface area (Å²) in [5.41, 5.74) is 4.45. The van der Waals surface area contributed by atoms with E-state index in [0.29, 0.717) is 52.5 Å². The van der Waals surface area contributed by atoms with E-state index in [-0.39, 0.29) is 31.2 Å². The fourth-order valence-electron chi connectivity index (χ4n) is 8.14. The molecule has 6 atom stereocenters. The molecule has 3 N–H and O–H groups in total. The van der Waals surface area contributed by atoms with Crippen molar-refractivity contribution in [3.05, 3.63) is 51.6 Å². The number of piperazine rings is 1. The van der Waals surface area contributed by atoms with Crippen molar-refractivity contribution in [2.45, 2.75) is 83.7 Å². The van der Waals surface area contributed by atoms with Crippen LogP contribution in [0.5, 0.6) is 28.7 Å². The predicted octanol–water partition coefficient (Wildman–Crippen LogP) is 2.64. The second-order valence-electron chi connectivity index (χ2n) is 12.8. The van der Waals surface area contributed by atoms with Gasteiger partial charge in [-0.3, -0.25) is 24.2 Å². The zero-order valence-corrected chi connectivity index (χ0v) is 28.2. The zero-order valence-electron chi connectivity index (χ0n) is 28.2. The van der Waals surface area contributed by atoms with Crippen molar-refractivity contribution in [2.75, 3.05) is 27.5 Å². The zero-order chi connectivity index (χ0) is 34.6. The van der Waals surface area contributed by atoms with Crippen molar-refractivity contribution in [3.63, 3.8) is 0 Å². The van der Waals surface area contributed by atoms with Gasteiger partial charge in [-0.15, -0.1) is 0 Å². The van der Waals surface area contributed by atoms with E-state index in [1.54, 1.807) is 26.8 Å². The normalized spacial score (nSPS) is 24.5. The number of esters is 1. The molecule has 0 spiro atoms. The molecule has 0 aromatic heterocycles. The second-order valence-corrected chi connectivity index (χ2v) is 12.8. The van der Waals surface area contributed by atoms with Gasteiger partial charge in [0.1, 0.15) is 17.8 Å². The predicted molar refractivity (Wildman–Crippen MR) is 173 cm³/mol. The number of likely N-dealkylation sites (N-methyl/N-ethyl adjacent to an activating group) is 1. The number of carbonyl (C=O) groups excluding carboxylic acids is 3. The van der Waals surface area contributed by atoms with E-state index >= 15 is 0 Å².